The zero-order valence-electron chi connectivity index (χ0n) is 28.6. The fraction of sp³-hybridized carbons (Fsp3) is 0.395. The third-order valence-corrected chi connectivity index (χ3v) is 10.6. The average Bonchev–Trinajstić information content (AvgIpc) is 3.51. The number of carbonyl (C=O) groups excluding carboxylic acids is 3. The molecule has 0 bridgehead atoms. The predicted molar refractivity (Wildman–Crippen MR) is 185 cm³/mol. The Bertz CT molecular complexity index is 1920. The van der Waals surface area contributed by atoms with E-state index in [1.165, 1.54) is 12.1 Å². The zero-order valence-corrected chi connectivity index (χ0v) is 28.6. The smallest absolute Gasteiger partial charge is 0.251 e. The van der Waals surface area contributed by atoms with Crippen LogP contribution in [0.1, 0.15) is 93.5 Å². The number of piperidine rings is 1. The Hall–Kier alpha value is -5.48. The van der Waals surface area contributed by atoms with E-state index in [0.29, 0.717) is 55.2 Å². The van der Waals surface area contributed by atoms with Crippen LogP contribution in [0.2, 0.25) is 0 Å². The molecule has 2 heterocycles. The number of nitrogens with one attached hydrogen (secondary N) is 4. The number of aromatic amines is 1. The van der Waals surface area contributed by atoms with Gasteiger partial charge in [0, 0.05) is 36.3 Å². The number of hydrogen-bond acceptors (Lipinski definition) is 8. The summed E-state index contributed by atoms with van der Waals surface area (Å²) in [4.78, 5) is 41.5. The summed E-state index contributed by atoms with van der Waals surface area (Å²) in [5.74, 6) is -0.110. The van der Waals surface area contributed by atoms with E-state index in [9.17, 15) is 24.0 Å². The molecule has 262 valence electrons. The molecule has 51 heavy (non-hydrogen) atoms. The molecule has 4 atom stereocenters. The fourth-order valence-electron chi connectivity index (χ4n) is 8.11. The number of likely N-dealkylation sites (tertiary alicyclic amines) is 1. The Balaban J connectivity index is 1.37. The lowest BCUT2D eigenvalue weighted by molar-refractivity contribution is -0.131. The number of aromatic nitrogens is 4. The average molecular weight is 690 g/mol. The zero-order chi connectivity index (χ0) is 35.7. The van der Waals surface area contributed by atoms with Crippen molar-refractivity contribution in [1.29, 1.82) is 5.26 Å². The lowest BCUT2D eigenvalue weighted by atomic mass is 9.67. The van der Waals surface area contributed by atoms with Crippen LogP contribution in [0, 0.1) is 23.1 Å². The van der Waals surface area contributed by atoms with E-state index >= 15 is 0 Å². The molecular weight excluding hydrogens is 649 g/mol. The molecule has 3 amide bonds. The van der Waals surface area contributed by atoms with Gasteiger partial charge in [0.05, 0.1) is 18.0 Å². The summed E-state index contributed by atoms with van der Waals surface area (Å²) in [5, 5.41) is 34.6. The number of carbonyl (C=O) groups is 3. The number of aryl methyl sites for hydroxylation is 2. The van der Waals surface area contributed by atoms with Crippen LogP contribution in [-0.2, 0) is 23.1 Å². The van der Waals surface area contributed by atoms with Crippen molar-refractivity contribution in [3.63, 3.8) is 0 Å². The molecule has 0 spiro atoms. The highest BCUT2D eigenvalue weighted by Gasteiger charge is 2.54. The topological polar surface area (TPSA) is 169 Å². The van der Waals surface area contributed by atoms with Crippen LogP contribution >= 0.6 is 0 Å². The maximum atomic E-state index is 14.3. The van der Waals surface area contributed by atoms with E-state index < -0.39 is 23.3 Å². The van der Waals surface area contributed by atoms with Gasteiger partial charge < -0.3 is 20.9 Å². The Kier molecular flexibility index (Phi) is 9.35. The minimum atomic E-state index is -1.08. The molecule has 0 radical (unpaired) electrons. The molecule has 12 nitrogen and oxygen atoms in total. The summed E-state index contributed by atoms with van der Waals surface area (Å²) < 4.78 is 14.3. The maximum absolute atomic E-state index is 14.3. The number of nitrogens with zero attached hydrogens (tertiary/aromatic N) is 5. The lowest BCUT2D eigenvalue weighted by Gasteiger charge is -2.38. The van der Waals surface area contributed by atoms with Gasteiger partial charge in [0.15, 0.2) is 5.82 Å². The molecular formula is C38H40FN9O3. The molecule has 3 aromatic carbocycles. The first-order valence-electron chi connectivity index (χ1n) is 17.5. The van der Waals surface area contributed by atoms with Crippen LogP contribution in [-0.4, -0.2) is 75.0 Å². The van der Waals surface area contributed by atoms with Gasteiger partial charge in [0.2, 0.25) is 5.91 Å². The molecule has 13 heteroatoms. The minimum absolute atomic E-state index is 0.0415. The van der Waals surface area contributed by atoms with Gasteiger partial charge in [-0.1, -0.05) is 24.3 Å². The van der Waals surface area contributed by atoms with Crippen LogP contribution < -0.4 is 16.0 Å². The maximum Gasteiger partial charge on any atom is 0.251 e. The first-order valence-corrected chi connectivity index (χ1v) is 17.5. The fourth-order valence-corrected chi connectivity index (χ4v) is 8.11. The van der Waals surface area contributed by atoms with E-state index in [2.05, 4.69) is 42.6 Å². The van der Waals surface area contributed by atoms with Gasteiger partial charge in [-0.05, 0) is 127 Å². The summed E-state index contributed by atoms with van der Waals surface area (Å²) >= 11 is 0. The number of rotatable bonds is 11. The SMILES string of the molecule is CCNC(=O)c1ccc2c(c1)CCc1cc(C(=O)NCC)ccc1C2(C[C@H](NCC(=O)N1[C@H](C#N)C[C@@H]2C[C@@H]21)c1ccc(F)cc1)c1nnn[nH]1. The Labute approximate surface area is 295 Å². The van der Waals surface area contributed by atoms with Gasteiger partial charge in [0.25, 0.3) is 11.8 Å². The van der Waals surface area contributed by atoms with Gasteiger partial charge in [-0.2, -0.15) is 5.26 Å². The highest BCUT2D eigenvalue weighted by Crippen LogP contribution is 2.50. The highest BCUT2D eigenvalue weighted by molar-refractivity contribution is 5.95. The Morgan fingerprint density at radius 3 is 2.14 bits per heavy atom. The van der Waals surface area contributed by atoms with E-state index in [1.54, 1.807) is 29.2 Å². The van der Waals surface area contributed by atoms with Crippen LogP contribution in [0.25, 0.3) is 0 Å². The van der Waals surface area contributed by atoms with Crippen molar-refractivity contribution in [2.75, 3.05) is 19.6 Å². The van der Waals surface area contributed by atoms with Crippen molar-refractivity contribution in [2.24, 2.45) is 5.92 Å². The number of benzene rings is 3. The van der Waals surface area contributed by atoms with Crippen LogP contribution in [0.15, 0.2) is 60.7 Å². The number of fused-ring (bicyclic) bond motifs is 3. The van der Waals surface area contributed by atoms with Gasteiger partial charge in [-0.25, -0.2) is 9.49 Å². The number of tetrazole rings is 1. The lowest BCUT2D eigenvalue weighted by Crippen LogP contribution is -2.45. The van der Waals surface area contributed by atoms with Crippen molar-refractivity contribution in [3.05, 3.63) is 111 Å². The van der Waals surface area contributed by atoms with Gasteiger partial charge in [0.1, 0.15) is 11.9 Å². The number of H-pyrrole nitrogens is 1. The summed E-state index contributed by atoms with van der Waals surface area (Å²) in [7, 11) is 0. The molecule has 0 unspecified atom stereocenters. The Morgan fingerprint density at radius 2 is 1.59 bits per heavy atom. The summed E-state index contributed by atoms with van der Waals surface area (Å²) in [6.45, 7) is 4.66. The van der Waals surface area contributed by atoms with E-state index in [0.717, 1.165) is 34.2 Å². The summed E-state index contributed by atoms with van der Waals surface area (Å²) in [6.07, 6.45) is 3.02. The van der Waals surface area contributed by atoms with E-state index in [-0.39, 0.29) is 36.7 Å². The minimum Gasteiger partial charge on any atom is -0.352 e. The molecule has 1 saturated carbocycles. The van der Waals surface area contributed by atoms with Crippen LogP contribution in [0.5, 0.6) is 0 Å². The number of nitriles is 1. The second-order valence-electron chi connectivity index (χ2n) is 13.6. The highest BCUT2D eigenvalue weighted by atomic mass is 19.1. The first-order chi connectivity index (χ1) is 24.8. The third kappa shape index (κ3) is 6.36. The van der Waals surface area contributed by atoms with Gasteiger partial charge >= 0.3 is 0 Å². The van der Waals surface area contributed by atoms with E-state index in [1.807, 2.05) is 38.1 Å². The standard InChI is InChI=1S/C38H40FN9O3/c1-3-41-35(50)25-9-13-30-23(15-25)5-6-24-16-26(36(51)42-4-2)10-14-31(24)38(30,37-44-46-47-45-37)19-32(22-7-11-28(39)12-8-22)43-21-34(49)48-29(20-40)17-27-18-33(27)48/h7-16,27,29,32-33,43H,3-6,17-19,21H2,1-2H3,(H,41,50)(H,42,51)(H,44,45,46,47)/t27-,29+,32+,33+/m1/s1. The normalized spacial score (nSPS) is 20.2. The Morgan fingerprint density at radius 1 is 0.961 bits per heavy atom. The summed E-state index contributed by atoms with van der Waals surface area (Å²) in [5.41, 5.74) is 4.25. The van der Waals surface area contributed by atoms with Crippen molar-refractivity contribution < 1.29 is 18.8 Å². The first kappa shape index (κ1) is 34.0. The molecule has 1 saturated heterocycles. The van der Waals surface area contributed by atoms with Gasteiger partial charge in [-0.3, -0.25) is 14.4 Å². The molecule has 3 aliphatic rings. The van der Waals surface area contributed by atoms with Crippen LogP contribution in [0.3, 0.4) is 0 Å². The molecule has 4 aromatic rings. The molecule has 2 aliphatic carbocycles. The van der Waals surface area contributed by atoms with Crippen molar-refractivity contribution in [3.8, 4) is 6.07 Å². The molecule has 2 fully saturated rings. The predicted octanol–water partition coefficient (Wildman–Crippen LogP) is 3.51. The van der Waals surface area contributed by atoms with Crippen molar-refractivity contribution in [1.82, 2.24) is 41.5 Å². The van der Waals surface area contributed by atoms with E-state index in [4.69, 9.17) is 0 Å². The molecule has 1 aromatic heterocycles. The van der Waals surface area contributed by atoms with Crippen LogP contribution in [0.4, 0.5) is 4.39 Å². The largest absolute Gasteiger partial charge is 0.352 e. The van der Waals surface area contributed by atoms with Crippen molar-refractivity contribution in [2.45, 2.75) is 69.5 Å². The summed E-state index contributed by atoms with van der Waals surface area (Å²) in [6, 6.07) is 18.9. The molecule has 4 N–H and O–H groups in total. The number of halogens is 1. The quantitative estimate of drug-likeness (QED) is 0.186. The van der Waals surface area contributed by atoms with Gasteiger partial charge in [-0.15, -0.1) is 5.10 Å². The van der Waals surface area contributed by atoms with Crippen molar-refractivity contribution >= 4 is 17.7 Å². The number of hydrogen-bond donors (Lipinski definition) is 4. The molecule has 7 rings (SSSR count). The monoisotopic (exact) mass is 689 g/mol. The second-order valence-corrected chi connectivity index (χ2v) is 13.6. The third-order valence-electron chi connectivity index (χ3n) is 10.6. The molecule has 1 aliphatic heterocycles. The second kappa shape index (κ2) is 14.0. The number of amides is 3.